The maximum absolute atomic E-state index is 11.4. The number of methoxy groups -OCH3 is 1. The van der Waals surface area contributed by atoms with E-state index in [1.807, 2.05) is 24.3 Å². The summed E-state index contributed by atoms with van der Waals surface area (Å²) >= 11 is 2.37. The molecular weight excluding hydrogens is 309 g/mol. The van der Waals surface area contributed by atoms with Gasteiger partial charge in [-0.2, -0.15) is 0 Å². The van der Waals surface area contributed by atoms with Gasteiger partial charge in [0.15, 0.2) is 4.34 Å². The molecule has 5 nitrogen and oxygen atoms in total. The molecular formula is C12H11NNaO4S2+. The number of hydrogen-bond donors (Lipinski definition) is 0. The molecule has 0 unspecified atom stereocenters. The van der Waals surface area contributed by atoms with Gasteiger partial charge in [-0.05, 0) is 12.1 Å². The zero-order valence-electron chi connectivity index (χ0n) is 11.1. The van der Waals surface area contributed by atoms with Gasteiger partial charge < -0.3 is 8.92 Å². The van der Waals surface area contributed by atoms with Crippen LogP contribution in [0, 0.1) is 0 Å². The van der Waals surface area contributed by atoms with Gasteiger partial charge in [-0.3, -0.25) is 9.59 Å². The minimum Gasteiger partial charge on any atom is -0.469 e. The predicted molar refractivity (Wildman–Crippen MR) is 72.8 cm³/mol. The Kier molecular flexibility index (Phi) is 7.53. The molecule has 8 heteroatoms. The Hall–Kier alpha value is -0.600. The molecule has 0 fully saturated rings. The van der Waals surface area contributed by atoms with Gasteiger partial charge in [-0.1, -0.05) is 12.1 Å². The topological polar surface area (TPSA) is 65.5 Å². The van der Waals surface area contributed by atoms with Crippen LogP contribution < -0.4 is 29.6 Å². The molecule has 1 aromatic heterocycles. The Balaban J connectivity index is 0.00000200. The molecule has 0 amide bonds. The maximum Gasteiger partial charge on any atom is 1.00 e. The monoisotopic (exact) mass is 320 g/mol. The maximum atomic E-state index is 11.4. The number of benzene rings is 1. The molecule has 1 heterocycles. The van der Waals surface area contributed by atoms with Crippen molar-refractivity contribution in [3.8, 4) is 0 Å². The van der Waals surface area contributed by atoms with Crippen LogP contribution in [0.5, 0.6) is 0 Å². The fraction of sp³-hybridized carbons (Fsp3) is 0.250. The second-order valence-corrected chi connectivity index (χ2v) is 5.57. The third-order valence-electron chi connectivity index (χ3n) is 2.24. The first kappa shape index (κ1) is 17.5. The molecule has 0 aliphatic carbocycles. The summed E-state index contributed by atoms with van der Waals surface area (Å²) in [5.41, 5.74) is 0.876. The van der Waals surface area contributed by atoms with Crippen LogP contribution in [0.1, 0.15) is 12.8 Å². The predicted octanol–water partition coefficient (Wildman–Crippen LogP) is -0.196. The number of esters is 1. The summed E-state index contributed by atoms with van der Waals surface area (Å²) in [5, 5.41) is 0. The third-order valence-corrected chi connectivity index (χ3v) is 4.03. The van der Waals surface area contributed by atoms with Crippen molar-refractivity contribution in [1.82, 2.24) is 4.98 Å². The van der Waals surface area contributed by atoms with Gasteiger partial charge in [0.1, 0.15) is 12.0 Å². The summed E-state index contributed by atoms with van der Waals surface area (Å²) < 4.78 is 11.1. The van der Waals surface area contributed by atoms with Gasteiger partial charge in [-0.25, -0.2) is 4.98 Å². The zero-order chi connectivity index (χ0) is 13.7. The number of aromatic nitrogens is 1. The van der Waals surface area contributed by atoms with Crippen molar-refractivity contribution in [2.24, 2.45) is 0 Å². The molecule has 0 spiro atoms. The SMILES string of the molecule is COC(=O)CCC(=O)OSc1nc2ccccc2s1.[Na+]. The van der Waals surface area contributed by atoms with Crippen LogP contribution in [-0.4, -0.2) is 24.0 Å². The summed E-state index contributed by atoms with van der Waals surface area (Å²) in [4.78, 5) is 26.5. The second kappa shape index (κ2) is 8.63. The van der Waals surface area contributed by atoms with E-state index in [9.17, 15) is 9.59 Å². The van der Waals surface area contributed by atoms with Crippen molar-refractivity contribution in [1.29, 1.82) is 0 Å². The quantitative estimate of drug-likeness (QED) is 0.432. The molecule has 0 saturated heterocycles. The fourth-order valence-corrected chi connectivity index (χ4v) is 2.90. The van der Waals surface area contributed by atoms with Crippen molar-refractivity contribution in [3.05, 3.63) is 24.3 Å². The standard InChI is InChI=1S/C12H11NO4S2.Na/c1-16-10(14)6-7-11(15)17-19-12-13-8-4-2-3-5-9(8)18-12;/h2-5H,6-7H2,1H3;/q;+1. The zero-order valence-corrected chi connectivity index (χ0v) is 14.8. The average molecular weight is 320 g/mol. The summed E-state index contributed by atoms with van der Waals surface area (Å²) in [6, 6.07) is 7.68. The van der Waals surface area contributed by atoms with Gasteiger partial charge >= 0.3 is 41.5 Å². The van der Waals surface area contributed by atoms with Crippen molar-refractivity contribution < 1.29 is 48.1 Å². The second-order valence-electron chi connectivity index (χ2n) is 3.56. The number of carbonyl (C=O) groups excluding carboxylic acids is 2. The minimum absolute atomic E-state index is 0. The van der Waals surface area contributed by atoms with Crippen molar-refractivity contribution in [3.63, 3.8) is 0 Å². The number of ether oxygens (including phenoxy) is 1. The van der Waals surface area contributed by atoms with Gasteiger partial charge in [-0.15, -0.1) is 11.3 Å². The number of thiazole rings is 1. The van der Waals surface area contributed by atoms with E-state index < -0.39 is 11.9 Å². The smallest absolute Gasteiger partial charge is 0.469 e. The molecule has 0 aliphatic heterocycles. The van der Waals surface area contributed by atoms with Crippen molar-refractivity contribution >= 4 is 45.5 Å². The van der Waals surface area contributed by atoms with Gasteiger partial charge in [0.25, 0.3) is 0 Å². The number of fused-ring (bicyclic) bond motifs is 1. The molecule has 20 heavy (non-hydrogen) atoms. The van der Waals surface area contributed by atoms with E-state index in [1.165, 1.54) is 18.4 Å². The van der Waals surface area contributed by atoms with E-state index in [4.69, 9.17) is 4.18 Å². The Labute approximate surface area is 146 Å². The first-order valence-corrected chi connectivity index (χ1v) is 7.04. The van der Waals surface area contributed by atoms with E-state index in [0.717, 1.165) is 22.3 Å². The van der Waals surface area contributed by atoms with E-state index in [1.54, 1.807) is 0 Å². The van der Waals surface area contributed by atoms with Crippen LogP contribution in [0.2, 0.25) is 0 Å². The molecule has 0 saturated carbocycles. The molecule has 0 radical (unpaired) electrons. The van der Waals surface area contributed by atoms with Crippen LogP contribution in [0.3, 0.4) is 0 Å². The minimum atomic E-state index is -0.463. The fourth-order valence-electron chi connectivity index (χ4n) is 1.32. The number of hydrogen-bond acceptors (Lipinski definition) is 7. The Morgan fingerprint density at radius 3 is 2.65 bits per heavy atom. The van der Waals surface area contributed by atoms with Crippen molar-refractivity contribution in [2.75, 3.05) is 7.11 Å². The Bertz CT molecular complexity index is 569. The third kappa shape index (κ3) is 5.06. The van der Waals surface area contributed by atoms with Crippen LogP contribution >= 0.6 is 23.4 Å². The molecule has 0 atom stereocenters. The van der Waals surface area contributed by atoms with E-state index in [2.05, 4.69) is 9.72 Å². The number of carbonyl (C=O) groups is 2. The number of para-hydroxylation sites is 1. The molecule has 1 aromatic carbocycles. The van der Waals surface area contributed by atoms with E-state index in [-0.39, 0.29) is 42.4 Å². The van der Waals surface area contributed by atoms with E-state index >= 15 is 0 Å². The first-order chi connectivity index (χ1) is 9.19. The normalized spacial score (nSPS) is 9.85. The molecule has 0 N–H and O–H groups in total. The largest absolute Gasteiger partial charge is 1.00 e. The molecule has 0 bridgehead atoms. The molecule has 100 valence electrons. The summed E-state index contributed by atoms with van der Waals surface area (Å²) in [6.45, 7) is 0. The summed E-state index contributed by atoms with van der Waals surface area (Å²) in [7, 11) is 1.28. The van der Waals surface area contributed by atoms with Crippen LogP contribution in [0.15, 0.2) is 28.6 Å². The van der Waals surface area contributed by atoms with Gasteiger partial charge in [0.05, 0.1) is 30.2 Å². The van der Waals surface area contributed by atoms with Gasteiger partial charge in [0, 0.05) is 0 Å². The number of nitrogens with zero attached hydrogens (tertiary/aromatic N) is 1. The van der Waals surface area contributed by atoms with Crippen LogP contribution in [-0.2, 0) is 18.5 Å². The summed E-state index contributed by atoms with van der Waals surface area (Å²) in [6.07, 6.45) is 0.0281. The van der Waals surface area contributed by atoms with Crippen molar-refractivity contribution in [2.45, 2.75) is 17.2 Å². The van der Waals surface area contributed by atoms with Gasteiger partial charge in [0.2, 0.25) is 0 Å². The summed E-state index contributed by atoms with van der Waals surface area (Å²) in [5.74, 6) is -0.892. The number of rotatable bonds is 5. The molecule has 0 aliphatic rings. The van der Waals surface area contributed by atoms with Crippen LogP contribution in [0.25, 0.3) is 10.2 Å². The first-order valence-electron chi connectivity index (χ1n) is 5.49. The molecule has 2 rings (SSSR count). The van der Waals surface area contributed by atoms with E-state index in [0.29, 0.717) is 4.34 Å². The Morgan fingerprint density at radius 1 is 1.25 bits per heavy atom. The Morgan fingerprint density at radius 2 is 1.95 bits per heavy atom. The average Bonchev–Trinajstić information content (AvgIpc) is 2.85. The molecule has 2 aromatic rings. The van der Waals surface area contributed by atoms with Crippen LogP contribution in [0.4, 0.5) is 0 Å².